The average Bonchev–Trinajstić information content (AvgIpc) is 3.21. The number of esters is 2. The summed E-state index contributed by atoms with van der Waals surface area (Å²) < 4.78 is 16.6. The van der Waals surface area contributed by atoms with Crippen molar-refractivity contribution in [1.82, 2.24) is 4.90 Å². The van der Waals surface area contributed by atoms with Gasteiger partial charge in [0.15, 0.2) is 0 Å². The standard InChI is InChI=1S/C21H24BrNO5/c1-13-6-7-14(9-18(13)22)19-16(20(24)26-2)11-23(10-15-5-4-8-28-15)12-17(19)21(25)27-3/h6-7,9,11-12,15,19H,4-5,8,10H2,1-3H3. The van der Waals surface area contributed by atoms with E-state index in [1.54, 1.807) is 12.4 Å². The van der Waals surface area contributed by atoms with E-state index in [1.165, 1.54) is 14.2 Å². The van der Waals surface area contributed by atoms with Gasteiger partial charge in [0, 0.05) is 30.0 Å². The molecule has 0 bridgehead atoms. The van der Waals surface area contributed by atoms with Crippen molar-refractivity contribution >= 4 is 27.9 Å². The fourth-order valence-electron chi connectivity index (χ4n) is 3.56. The zero-order valence-electron chi connectivity index (χ0n) is 16.2. The Kier molecular flexibility index (Phi) is 6.57. The van der Waals surface area contributed by atoms with Crippen LogP contribution in [0, 0.1) is 6.92 Å². The second kappa shape index (κ2) is 8.92. The van der Waals surface area contributed by atoms with Crippen LogP contribution in [0.3, 0.4) is 0 Å². The van der Waals surface area contributed by atoms with Crippen LogP contribution in [0.1, 0.15) is 29.9 Å². The summed E-state index contributed by atoms with van der Waals surface area (Å²) in [5.41, 5.74) is 2.65. The van der Waals surface area contributed by atoms with E-state index in [1.807, 2.05) is 30.0 Å². The summed E-state index contributed by atoms with van der Waals surface area (Å²) in [7, 11) is 2.68. The van der Waals surface area contributed by atoms with E-state index in [4.69, 9.17) is 14.2 Å². The molecule has 0 saturated carbocycles. The third-order valence-corrected chi connectivity index (χ3v) is 5.90. The molecule has 0 aromatic heterocycles. The van der Waals surface area contributed by atoms with Crippen LogP contribution < -0.4 is 0 Å². The number of ether oxygens (including phenoxy) is 3. The second-order valence-corrected chi connectivity index (χ2v) is 7.78. The monoisotopic (exact) mass is 449 g/mol. The molecule has 1 fully saturated rings. The normalized spacial score (nSPS) is 19.9. The summed E-state index contributed by atoms with van der Waals surface area (Å²) >= 11 is 3.53. The molecule has 150 valence electrons. The molecular formula is C21H24BrNO5. The van der Waals surface area contributed by atoms with Crippen molar-refractivity contribution in [3.8, 4) is 0 Å². The molecule has 1 atom stereocenters. The number of aryl methyl sites for hydroxylation is 1. The highest BCUT2D eigenvalue weighted by molar-refractivity contribution is 9.10. The van der Waals surface area contributed by atoms with E-state index in [9.17, 15) is 9.59 Å². The van der Waals surface area contributed by atoms with Crippen LogP contribution in [0.2, 0.25) is 0 Å². The van der Waals surface area contributed by atoms with Gasteiger partial charge in [0.05, 0.1) is 37.4 Å². The highest BCUT2D eigenvalue weighted by Crippen LogP contribution is 2.38. The van der Waals surface area contributed by atoms with Gasteiger partial charge in [-0.15, -0.1) is 0 Å². The maximum atomic E-state index is 12.6. The topological polar surface area (TPSA) is 65.1 Å². The number of carbonyl (C=O) groups excluding carboxylic acids is 2. The number of halogens is 1. The SMILES string of the molecule is COC(=O)C1=CN(CC2CCCO2)C=C(C(=O)OC)C1c1ccc(C)c(Br)c1. The van der Waals surface area contributed by atoms with Crippen LogP contribution in [-0.2, 0) is 23.8 Å². The maximum absolute atomic E-state index is 12.6. The van der Waals surface area contributed by atoms with E-state index < -0.39 is 17.9 Å². The quantitative estimate of drug-likeness (QED) is 0.641. The molecule has 0 spiro atoms. The number of benzene rings is 1. The second-order valence-electron chi connectivity index (χ2n) is 6.93. The lowest BCUT2D eigenvalue weighted by Gasteiger charge is -2.31. The molecule has 1 aromatic rings. The number of hydrogen-bond donors (Lipinski definition) is 0. The van der Waals surface area contributed by atoms with Gasteiger partial charge in [0.25, 0.3) is 0 Å². The van der Waals surface area contributed by atoms with E-state index in [2.05, 4.69) is 15.9 Å². The van der Waals surface area contributed by atoms with Gasteiger partial charge in [0.1, 0.15) is 0 Å². The number of nitrogens with zero attached hydrogens (tertiary/aromatic N) is 1. The molecule has 1 aromatic carbocycles. The van der Waals surface area contributed by atoms with Gasteiger partial charge in [-0.1, -0.05) is 28.1 Å². The van der Waals surface area contributed by atoms with Crippen molar-refractivity contribution in [1.29, 1.82) is 0 Å². The number of methoxy groups -OCH3 is 2. The molecule has 2 aliphatic rings. The van der Waals surface area contributed by atoms with Crippen LogP contribution in [0.4, 0.5) is 0 Å². The molecule has 2 aliphatic heterocycles. The van der Waals surface area contributed by atoms with Crippen LogP contribution in [0.15, 0.2) is 46.2 Å². The minimum Gasteiger partial charge on any atom is -0.466 e. The molecule has 3 rings (SSSR count). The molecule has 1 saturated heterocycles. The Hall–Kier alpha value is -2.12. The zero-order chi connectivity index (χ0) is 20.3. The lowest BCUT2D eigenvalue weighted by Crippen LogP contribution is -2.32. The van der Waals surface area contributed by atoms with Gasteiger partial charge in [-0.05, 0) is 37.0 Å². The Labute approximate surface area is 173 Å². The zero-order valence-corrected chi connectivity index (χ0v) is 17.8. The third-order valence-electron chi connectivity index (χ3n) is 5.04. The molecule has 0 amide bonds. The van der Waals surface area contributed by atoms with Gasteiger partial charge >= 0.3 is 11.9 Å². The number of hydrogen-bond acceptors (Lipinski definition) is 6. The van der Waals surface area contributed by atoms with Gasteiger partial charge in [-0.2, -0.15) is 0 Å². The minimum atomic E-state index is -0.572. The van der Waals surface area contributed by atoms with Crippen molar-refractivity contribution in [3.05, 3.63) is 57.3 Å². The first-order valence-electron chi connectivity index (χ1n) is 9.18. The lowest BCUT2D eigenvalue weighted by molar-refractivity contribution is -0.137. The summed E-state index contributed by atoms with van der Waals surface area (Å²) in [5, 5.41) is 0. The Morgan fingerprint density at radius 3 is 2.32 bits per heavy atom. The summed E-state index contributed by atoms with van der Waals surface area (Å²) in [4.78, 5) is 27.0. The predicted molar refractivity (Wildman–Crippen MR) is 107 cm³/mol. The first-order chi connectivity index (χ1) is 13.4. The third kappa shape index (κ3) is 4.31. The fourth-order valence-corrected chi connectivity index (χ4v) is 3.96. The van der Waals surface area contributed by atoms with Crippen LogP contribution in [-0.4, -0.2) is 50.3 Å². The summed E-state index contributed by atoms with van der Waals surface area (Å²) in [5.74, 6) is -1.53. The summed E-state index contributed by atoms with van der Waals surface area (Å²) in [6, 6.07) is 5.78. The van der Waals surface area contributed by atoms with E-state index in [0.717, 1.165) is 35.0 Å². The first-order valence-corrected chi connectivity index (χ1v) is 9.97. The van der Waals surface area contributed by atoms with Crippen molar-refractivity contribution in [2.45, 2.75) is 31.8 Å². The molecule has 0 N–H and O–H groups in total. The van der Waals surface area contributed by atoms with Crippen LogP contribution in [0.5, 0.6) is 0 Å². The van der Waals surface area contributed by atoms with Crippen molar-refractivity contribution in [3.63, 3.8) is 0 Å². The first kappa shape index (κ1) is 20.6. The molecule has 1 unspecified atom stereocenters. The molecule has 7 heteroatoms. The van der Waals surface area contributed by atoms with Gasteiger partial charge < -0.3 is 19.1 Å². The Bertz CT molecular complexity index is 792. The average molecular weight is 450 g/mol. The number of rotatable bonds is 5. The smallest absolute Gasteiger partial charge is 0.336 e. The maximum Gasteiger partial charge on any atom is 0.336 e. The Balaban J connectivity index is 2.05. The molecule has 0 radical (unpaired) electrons. The Morgan fingerprint density at radius 1 is 1.18 bits per heavy atom. The summed E-state index contributed by atoms with van der Waals surface area (Å²) in [6.07, 6.45) is 5.53. The largest absolute Gasteiger partial charge is 0.466 e. The van der Waals surface area contributed by atoms with Gasteiger partial charge in [-0.25, -0.2) is 9.59 Å². The molecule has 6 nitrogen and oxygen atoms in total. The minimum absolute atomic E-state index is 0.0652. The predicted octanol–water partition coefficient (Wildman–Crippen LogP) is 3.45. The molecular weight excluding hydrogens is 426 g/mol. The lowest BCUT2D eigenvalue weighted by atomic mass is 9.83. The van der Waals surface area contributed by atoms with Crippen molar-refractivity contribution < 1.29 is 23.8 Å². The highest BCUT2D eigenvalue weighted by atomic mass is 79.9. The van der Waals surface area contributed by atoms with Crippen LogP contribution >= 0.6 is 15.9 Å². The van der Waals surface area contributed by atoms with Crippen molar-refractivity contribution in [2.75, 3.05) is 27.4 Å². The fraction of sp³-hybridized carbons (Fsp3) is 0.429. The highest BCUT2D eigenvalue weighted by Gasteiger charge is 2.36. The van der Waals surface area contributed by atoms with Crippen molar-refractivity contribution in [2.24, 2.45) is 0 Å². The Morgan fingerprint density at radius 2 is 1.82 bits per heavy atom. The summed E-state index contributed by atoms with van der Waals surface area (Å²) in [6.45, 7) is 3.27. The van der Waals surface area contributed by atoms with E-state index in [0.29, 0.717) is 17.7 Å². The van der Waals surface area contributed by atoms with Crippen LogP contribution in [0.25, 0.3) is 0 Å². The molecule has 0 aliphatic carbocycles. The van der Waals surface area contributed by atoms with E-state index >= 15 is 0 Å². The van der Waals surface area contributed by atoms with Gasteiger partial charge in [0.2, 0.25) is 0 Å². The molecule has 28 heavy (non-hydrogen) atoms. The number of carbonyl (C=O) groups is 2. The molecule has 2 heterocycles. The van der Waals surface area contributed by atoms with E-state index in [-0.39, 0.29) is 6.10 Å². The van der Waals surface area contributed by atoms with Gasteiger partial charge in [-0.3, -0.25) is 0 Å².